The van der Waals surface area contributed by atoms with Gasteiger partial charge in [0.15, 0.2) is 0 Å². The van der Waals surface area contributed by atoms with Gasteiger partial charge in [-0.25, -0.2) is 13.4 Å². The highest BCUT2D eigenvalue weighted by atomic mass is 35.5. The van der Waals surface area contributed by atoms with Gasteiger partial charge >= 0.3 is 0 Å². The van der Waals surface area contributed by atoms with Crippen LogP contribution in [0.5, 0.6) is 0 Å². The smallest absolute Gasteiger partial charge is 0.246 e. The van der Waals surface area contributed by atoms with Gasteiger partial charge in [-0.1, -0.05) is 24.3 Å². The first-order chi connectivity index (χ1) is 15.0. The molecule has 10 heteroatoms. The number of amides is 2. The van der Waals surface area contributed by atoms with Crippen molar-refractivity contribution in [3.63, 3.8) is 0 Å². The fourth-order valence-electron chi connectivity index (χ4n) is 3.48. The first-order valence-corrected chi connectivity index (χ1v) is 12.0. The lowest BCUT2D eigenvalue weighted by molar-refractivity contribution is -0.130. The molecule has 1 heterocycles. The van der Waals surface area contributed by atoms with Crippen LogP contribution in [-0.2, 0) is 19.6 Å². The Kier molecular flexibility index (Phi) is 8.54. The number of carbonyl (C=O) groups excluding carboxylic acids is 2. The van der Waals surface area contributed by atoms with E-state index in [0.717, 1.165) is 6.26 Å². The van der Waals surface area contributed by atoms with Gasteiger partial charge < -0.3 is 10.2 Å². The topological polar surface area (TPSA) is 99.2 Å². The lowest BCUT2D eigenvalue weighted by Gasteiger charge is -2.40. The van der Waals surface area contributed by atoms with Gasteiger partial charge in [-0.2, -0.15) is 4.31 Å². The van der Waals surface area contributed by atoms with Crippen molar-refractivity contribution in [2.24, 2.45) is 4.99 Å². The van der Waals surface area contributed by atoms with Crippen molar-refractivity contribution in [2.45, 2.75) is 19.9 Å². The minimum Gasteiger partial charge on any atom is -0.329 e. The average molecular weight is 479 g/mol. The molecule has 1 N–H and O–H groups in total. The van der Waals surface area contributed by atoms with E-state index in [-0.39, 0.29) is 37.3 Å². The van der Waals surface area contributed by atoms with E-state index >= 15 is 0 Å². The number of aliphatic imine (C=N–C) groups is 1. The molecule has 32 heavy (non-hydrogen) atoms. The van der Waals surface area contributed by atoms with Crippen molar-refractivity contribution in [3.05, 3.63) is 65.0 Å². The molecule has 1 atom stereocenters. The van der Waals surface area contributed by atoms with Gasteiger partial charge in [0.2, 0.25) is 21.8 Å². The second-order valence-corrected chi connectivity index (χ2v) is 9.68. The van der Waals surface area contributed by atoms with Crippen molar-refractivity contribution in [1.82, 2.24) is 14.5 Å². The fourth-order valence-corrected chi connectivity index (χ4v) is 4.55. The summed E-state index contributed by atoms with van der Waals surface area (Å²) in [5, 5.41) is 3.01. The van der Waals surface area contributed by atoms with E-state index in [2.05, 4.69) is 23.6 Å². The van der Waals surface area contributed by atoms with E-state index < -0.39 is 16.1 Å². The molecule has 172 valence electrons. The third-order valence-electron chi connectivity index (χ3n) is 4.99. The molecule has 1 saturated heterocycles. The van der Waals surface area contributed by atoms with E-state index in [4.69, 9.17) is 11.6 Å². The number of allylic oxidation sites excluding steroid dienone is 3. The molecule has 8 nitrogen and oxygen atoms in total. The molecule has 0 saturated carbocycles. The van der Waals surface area contributed by atoms with Gasteiger partial charge in [0.05, 0.1) is 12.3 Å². The molecule has 0 radical (unpaired) electrons. The molecule has 0 aromatic heterocycles. The third-order valence-corrected chi connectivity index (χ3v) is 6.47. The van der Waals surface area contributed by atoms with E-state index in [0.29, 0.717) is 21.7 Å². The number of hydrogen-bond acceptors (Lipinski definition) is 5. The number of hydrogen-bond donors (Lipinski definition) is 1. The van der Waals surface area contributed by atoms with Crippen LogP contribution in [0.1, 0.15) is 31.0 Å². The molecule has 1 aromatic rings. The number of sulfonamides is 1. The number of nitrogens with one attached hydrogen (secondary N) is 1. The zero-order valence-corrected chi connectivity index (χ0v) is 19.9. The van der Waals surface area contributed by atoms with Crippen LogP contribution in [0, 0.1) is 0 Å². The number of rotatable bonds is 7. The predicted octanol–water partition coefficient (Wildman–Crippen LogP) is 2.75. The van der Waals surface area contributed by atoms with Crippen molar-refractivity contribution >= 4 is 45.7 Å². The highest BCUT2D eigenvalue weighted by Crippen LogP contribution is 2.32. The van der Waals surface area contributed by atoms with E-state index in [9.17, 15) is 18.0 Å². The van der Waals surface area contributed by atoms with Crippen LogP contribution in [0.3, 0.4) is 0 Å². The molecular formula is C22H27ClN4O4S. The standard InChI is InChI=1S/C22H27ClN4O4S/c1-6-16(13-21(24-4)25-15(3)28)17-10-18(12-19(23)11-17)20-14-26(32(5,30)31)8-9-27(20)22(29)7-2/h6-7,10-13,20H,2,4,8-9,14H2,1,3,5H3,(H,25,28)/b16-6+,21-13+. The van der Waals surface area contributed by atoms with Crippen molar-refractivity contribution in [1.29, 1.82) is 0 Å². The Hall–Kier alpha value is -2.75. The fraction of sp³-hybridized carbons (Fsp3) is 0.318. The van der Waals surface area contributed by atoms with Crippen LogP contribution in [-0.4, -0.2) is 62.0 Å². The second kappa shape index (κ2) is 10.7. The van der Waals surface area contributed by atoms with Crippen molar-refractivity contribution in [2.75, 3.05) is 25.9 Å². The predicted molar refractivity (Wildman–Crippen MR) is 128 cm³/mol. The maximum atomic E-state index is 12.5. The lowest BCUT2D eigenvalue weighted by atomic mass is 9.97. The molecule has 1 unspecified atom stereocenters. The van der Waals surface area contributed by atoms with E-state index in [1.807, 2.05) is 19.1 Å². The molecule has 0 spiro atoms. The van der Waals surface area contributed by atoms with Gasteiger partial charge in [-0.15, -0.1) is 0 Å². The molecule has 0 bridgehead atoms. The molecule has 0 aliphatic carbocycles. The summed E-state index contributed by atoms with van der Waals surface area (Å²) >= 11 is 6.40. The maximum absolute atomic E-state index is 12.5. The highest BCUT2D eigenvalue weighted by molar-refractivity contribution is 7.88. The maximum Gasteiger partial charge on any atom is 0.246 e. The first kappa shape index (κ1) is 25.5. The van der Waals surface area contributed by atoms with Crippen molar-refractivity contribution < 1.29 is 18.0 Å². The first-order valence-electron chi connectivity index (χ1n) is 9.81. The van der Waals surface area contributed by atoms with Crippen LogP contribution in [0.4, 0.5) is 0 Å². The molecule has 1 fully saturated rings. The Balaban J connectivity index is 2.55. The Morgan fingerprint density at radius 1 is 1.28 bits per heavy atom. The zero-order valence-electron chi connectivity index (χ0n) is 18.3. The van der Waals surface area contributed by atoms with Crippen LogP contribution < -0.4 is 5.32 Å². The van der Waals surface area contributed by atoms with Gasteiger partial charge in [-0.3, -0.25) is 9.59 Å². The minimum atomic E-state index is -3.44. The Labute approximate surface area is 194 Å². The molecule has 1 aromatic carbocycles. The molecule has 2 rings (SSSR count). The third kappa shape index (κ3) is 6.38. The van der Waals surface area contributed by atoms with Gasteiger partial charge in [-0.05, 0) is 60.7 Å². The summed E-state index contributed by atoms with van der Waals surface area (Å²) < 4.78 is 25.6. The summed E-state index contributed by atoms with van der Waals surface area (Å²) in [4.78, 5) is 29.3. The number of nitrogens with zero attached hydrogens (tertiary/aromatic N) is 3. The van der Waals surface area contributed by atoms with E-state index in [1.165, 1.54) is 17.3 Å². The van der Waals surface area contributed by atoms with Crippen molar-refractivity contribution in [3.8, 4) is 0 Å². The Bertz CT molecular complexity index is 1100. The number of halogens is 1. The molecule has 1 aliphatic rings. The molecule has 1 aliphatic heterocycles. The monoisotopic (exact) mass is 478 g/mol. The van der Waals surface area contributed by atoms with Crippen LogP contribution in [0.2, 0.25) is 5.02 Å². The average Bonchev–Trinajstić information content (AvgIpc) is 2.74. The summed E-state index contributed by atoms with van der Waals surface area (Å²) in [5.41, 5.74) is 2.10. The van der Waals surface area contributed by atoms with Gasteiger partial charge in [0, 0.05) is 31.6 Å². The summed E-state index contributed by atoms with van der Waals surface area (Å²) in [6.07, 6.45) is 5.83. The Morgan fingerprint density at radius 3 is 2.50 bits per heavy atom. The van der Waals surface area contributed by atoms with Crippen LogP contribution >= 0.6 is 11.6 Å². The highest BCUT2D eigenvalue weighted by Gasteiger charge is 2.34. The normalized spacial score (nSPS) is 18.2. The van der Waals surface area contributed by atoms with Crippen LogP contribution in [0.15, 0.2) is 53.8 Å². The number of carbonyl (C=O) groups is 2. The minimum absolute atomic E-state index is 0.102. The van der Waals surface area contributed by atoms with Gasteiger partial charge in [0.25, 0.3) is 0 Å². The van der Waals surface area contributed by atoms with Gasteiger partial charge in [0.1, 0.15) is 5.82 Å². The second-order valence-electron chi connectivity index (χ2n) is 7.26. The molecular weight excluding hydrogens is 452 g/mol. The SMILES string of the molecule is C=CC(=O)N1CCN(S(C)(=O)=O)CC1c1cc(Cl)cc(C(/C=C(\N=C)NC(C)=O)=C/C)c1. The summed E-state index contributed by atoms with van der Waals surface area (Å²) in [6, 6.07) is 4.74. The lowest BCUT2D eigenvalue weighted by Crippen LogP contribution is -2.51. The largest absolute Gasteiger partial charge is 0.329 e. The van der Waals surface area contributed by atoms with Crippen LogP contribution in [0.25, 0.3) is 5.57 Å². The Morgan fingerprint density at radius 2 is 1.97 bits per heavy atom. The quantitative estimate of drug-likeness (QED) is 0.370. The zero-order chi connectivity index (χ0) is 24.1. The summed E-state index contributed by atoms with van der Waals surface area (Å²) in [7, 11) is -3.44. The molecule has 2 amide bonds. The summed E-state index contributed by atoms with van der Waals surface area (Å²) in [6.45, 7) is 10.8. The van der Waals surface area contributed by atoms with E-state index in [1.54, 1.807) is 23.1 Å². The number of benzene rings is 1. The number of piperazine rings is 1. The summed E-state index contributed by atoms with van der Waals surface area (Å²) in [5.74, 6) is -0.302.